The first kappa shape index (κ1) is 15.1. The van der Waals surface area contributed by atoms with Gasteiger partial charge in [-0.3, -0.25) is 4.98 Å². The highest BCUT2D eigenvalue weighted by Gasteiger charge is 2.17. The van der Waals surface area contributed by atoms with E-state index in [1.807, 2.05) is 22.8 Å². The standard InChI is InChI=1S/C19H23N5/c1-14-13-21-24-18(22-16-7-9-20-10-8-16)12-17(23-19(14)24)11-15-5-3-2-4-6-15/h7-10,12-13,15H,2-6,11H2,1H3,(H,20,22). The Morgan fingerprint density at radius 1 is 1.17 bits per heavy atom. The molecular weight excluding hydrogens is 298 g/mol. The minimum absolute atomic E-state index is 0.769. The van der Waals surface area contributed by atoms with Gasteiger partial charge in [-0.1, -0.05) is 32.1 Å². The fourth-order valence-electron chi connectivity index (χ4n) is 3.59. The van der Waals surface area contributed by atoms with Crippen LogP contribution < -0.4 is 5.32 Å². The van der Waals surface area contributed by atoms with Crippen LogP contribution in [0.4, 0.5) is 11.5 Å². The minimum atomic E-state index is 0.769. The van der Waals surface area contributed by atoms with E-state index in [4.69, 9.17) is 4.98 Å². The van der Waals surface area contributed by atoms with Crippen LogP contribution in [0, 0.1) is 12.8 Å². The third kappa shape index (κ3) is 3.11. The summed E-state index contributed by atoms with van der Waals surface area (Å²) in [5, 5.41) is 7.94. The molecule has 3 aromatic heterocycles. The fourth-order valence-corrected chi connectivity index (χ4v) is 3.59. The Bertz CT molecular complexity index is 818. The van der Waals surface area contributed by atoms with E-state index in [0.29, 0.717) is 0 Å². The second-order valence-corrected chi connectivity index (χ2v) is 6.76. The molecule has 5 heteroatoms. The highest BCUT2D eigenvalue weighted by atomic mass is 15.3. The van der Waals surface area contributed by atoms with Crippen LogP contribution in [-0.4, -0.2) is 19.6 Å². The molecule has 3 aromatic rings. The first-order valence-electron chi connectivity index (χ1n) is 8.81. The van der Waals surface area contributed by atoms with Crippen LogP contribution in [0.1, 0.15) is 43.4 Å². The van der Waals surface area contributed by atoms with Crippen molar-refractivity contribution in [3.05, 3.63) is 48.0 Å². The second kappa shape index (κ2) is 6.59. The van der Waals surface area contributed by atoms with Crippen molar-refractivity contribution in [2.24, 2.45) is 5.92 Å². The molecule has 1 aliphatic carbocycles. The molecule has 3 heterocycles. The van der Waals surface area contributed by atoms with Crippen LogP contribution in [0.5, 0.6) is 0 Å². The summed E-state index contributed by atoms with van der Waals surface area (Å²) in [7, 11) is 0. The number of nitrogens with one attached hydrogen (secondary N) is 1. The summed E-state index contributed by atoms with van der Waals surface area (Å²) in [5.74, 6) is 1.73. The highest BCUT2D eigenvalue weighted by Crippen LogP contribution is 2.28. The van der Waals surface area contributed by atoms with E-state index >= 15 is 0 Å². The summed E-state index contributed by atoms with van der Waals surface area (Å²) in [6, 6.07) is 6.07. The third-order valence-electron chi connectivity index (χ3n) is 4.88. The lowest BCUT2D eigenvalue weighted by Gasteiger charge is -2.21. The van der Waals surface area contributed by atoms with Crippen LogP contribution in [0.25, 0.3) is 5.65 Å². The number of anilines is 2. The molecule has 1 fully saturated rings. The molecule has 1 N–H and O–H groups in total. The van der Waals surface area contributed by atoms with Crippen molar-refractivity contribution < 1.29 is 0 Å². The van der Waals surface area contributed by atoms with E-state index < -0.39 is 0 Å². The first-order valence-corrected chi connectivity index (χ1v) is 8.81. The maximum absolute atomic E-state index is 4.88. The molecule has 0 aliphatic heterocycles. The number of hydrogen-bond donors (Lipinski definition) is 1. The summed E-state index contributed by atoms with van der Waals surface area (Å²) >= 11 is 0. The van der Waals surface area contributed by atoms with E-state index in [1.54, 1.807) is 12.4 Å². The van der Waals surface area contributed by atoms with Gasteiger partial charge in [0.2, 0.25) is 0 Å². The van der Waals surface area contributed by atoms with Crippen molar-refractivity contribution in [1.29, 1.82) is 0 Å². The Labute approximate surface area is 142 Å². The molecule has 0 aromatic carbocycles. The Balaban J connectivity index is 1.68. The maximum Gasteiger partial charge on any atom is 0.160 e. The molecule has 0 amide bonds. The summed E-state index contributed by atoms with van der Waals surface area (Å²) in [6.45, 7) is 2.07. The fraction of sp³-hybridized carbons (Fsp3) is 0.421. The van der Waals surface area contributed by atoms with Gasteiger partial charge in [0.05, 0.1) is 6.20 Å². The topological polar surface area (TPSA) is 55.1 Å². The normalized spacial score (nSPS) is 15.7. The van der Waals surface area contributed by atoms with Gasteiger partial charge in [-0.25, -0.2) is 4.98 Å². The number of aromatic nitrogens is 4. The first-order chi connectivity index (χ1) is 11.8. The Morgan fingerprint density at radius 3 is 2.75 bits per heavy atom. The van der Waals surface area contributed by atoms with Gasteiger partial charge in [0.25, 0.3) is 0 Å². The number of rotatable bonds is 4. The van der Waals surface area contributed by atoms with Gasteiger partial charge in [-0.15, -0.1) is 0 Å². The molecule has 24 heavy (non-hydrogen) atoms. The molecule has 4 rings (SSSR count). The van der Waals surface area contributed by atoms with Gasteiger partial charge in [-0.2, -0.15) is 9.61 Å². The van der Waals surface area contributed by atoms with Crippen molar-refractivity contribution in [1.82, 2.24) is 19.6 Å². The van der Waals surface area contributed by atoms with E-state index in [9.17, 15) is 0 Å². The number of nitrogens with zero attached hydrogens (tertiary/aromatic N) is 4. The summed E-state index contributed by atoms with van der Waals surface area (Å²) in [4.78, 5) is 8.95. The predicted molar refractivity (Wildman–Crippen MR) is 95.5 cm³/mol. The van der Waals surface area contributed by atoms with Crippen LogP contribution >= 0.6 is 0 Å². The maximum atomic E-state index is 4.88. The lowest BCUT2D eigenvalue weighted by molar-refractivity contribution is 0.354. The molecule has 1 aliphatic rings. The Hall–Kier alpha value is -2.43. The molecule has 0 saturated heterocycles. The van der Waals surface area contributed by atoms with Gasteiger partial charge in [0.1, 0.15) is 5.82 Å². The van der Waals surface area contributed by atoms with E-state index in [-0.39, 0.29) is 0 Å². The van der Waals surface area contributed by atoms with Crippen molar-refractivity contribution in [2.45, 2.75) is 45.4 Å². The van der Waals surface area contributed by atoms with Crippen LogP contribution in [0.3, 0.4) is 0 Å². The Morgan fingerprint density at radius 2 is 1.96 bits per heavy atom. The predicted octanol–water partition coefficient (Wildman–Crippen LogP) is 4.30. The molecular formula is C19H23N5. The zero-order valence-electron chi connectivity index (χ0n) is 14.1. The third-order valence-corrected chi connectivity index (χ3v) is 4.88. The van der Waals surface area contributed by atoms with E-state index in [2.05, 4.69) is 28.4 Å². The number of aryl methyl sites for hydroxylation is 1. The van der Waals surface area contributed by atoms with Gasteiger partial charge in [-0.05, 0) is 31.4 Å². The molecule has 0 bridgehead atoms. The summed E-state index contributed by atoms with van der Waals surface area (Å²) in [5.41, 5.74) is 4.22. The second-order valence-electron chi connectivity index (χ2n) is 6.76. The molecule has 5 nitrogen and oxygen atoms in total. The number of fused-ring (bicyclic) bond motifs is 1. The van der Waals surface area contributed by atoms with Crippen LogP contribution in [-0.2, 0) is 6.42 Å². The van der Waals surface area contributed by atoms with Gasteiger partial charge < -0.3 is 5.32 Å². The molecule has 0 unspecified atom stereocenters. The molecule has 0 spiro atoms. The monoisotopic (exact) mass is 321 g/mol. The number of hydrogen-bond acceptors (Lipinski definition) is 4. The van der Waals surface area contributed by atoms with E-state index in [1.165, 1.54) is 32.1 Å². The molecule has 124 valence electrons. The lowest BCUT2D eigenvalue weighted by atomic mass is 9.86. The SMILES string of the molecule is Cc1cnn2c(Nc3ccncc3)cc(CC3CCCCC3)nc12. The smallest absolute Gasteiger partial charge is 0.160 e. The minimum Gasteiger partial charge on any atom is -0.340 e. The van der Waals surface area contributed by atoms with Gasteiger partial charge >= 0.3 is 0 Å². The van der Waals surface area contributed by atoms with Crippen LogP contribution in [0.2, 0.25) is 0 Å². The quantitative estimate of drug-likeness (QED) is 0.778. The van der Waals surface area contributed by atoms with Crippen LogP contribution in [0.15, 0.2) is 36.8 Å². The van der Waals surface area contributed by atoms with Crippen molar-refractivity contribution >= 4 is 17.2 Å². The van der Waals surface area contributed by atoms with Gasteiger partial charge in [0.15, 0.2) is 5.65 Å². The largest absolute Gasteiger partial charge is 0.340 e. The molecule has 0 atom stereocenters. The lowest BCUT2D eigenvalue weighted by Crippen LogP contribution is -2.12. The van der Waals surface area contributed by atoms with Gasteiger partial charge in [0, 0.05) is 35.4 Å². The average Bonchev–Trinajstić information content (AvgIpc) is 2.98. The zero-order valence-corrected chi connectivity index (χ0v) is 14.1. The Kier molecular flexibility index (Phi) is 4.15. The summed E-state index contributed by atoms with van der Waals surface area (Å²) < 4.78 is 1.89. The zero-order chi connectivity index (χ0) is 16.4. The summed E-state index contributed by atoms with van der Waals surface area (Å²) in [6.07, 6.45) is 13.3. The molecule has 1 saturated carbocycles. The average molecular weight is 321 g/mol. The van der Waals surface area contributed by atoms with Crippen molar-refractivity contribution in [2.75, 3.05) is 5.32 Å². The van der Waals surface area contributed by atoms with Crippen molar-refractivity contribution in [3.8, 4) is 0 Å². The highest BCUT2D eigenvalue weighted by molar-refractivity contribution is 5.61. The molecule has 0 radical (unpaired) electrons. The van der Waals surface area contributed by atoms with Crippen molar-refractivity contribution in [3.63, 3.8) is 0 Å². The number of pyridine rings is 1. The van der Waals surface area contributed by atoms with E-state index in [0.717, 1.165) is 40.7 Å².